The maximum atomic E-state index is 12.1. The second kappa shape index (κ2) is 5.48. The van der Waals surface area contributed by atoms with Crippen molar-refractivity contribution in [2.75, 3.05) is 5.32 Å². The zero-order chi connectivity index (χ0) is 14.9. The molecular formula is C16H21N3O2. The molecule has 2 aliphatic carbocycles. The second-order valence-electron chi connectivity index (χ2n) is 6.14. The quantitative estimate of drug-likeness (QED) is 0.789. The van der Waals surface area contributed by atoms with Crippen molar-refractivity contribution >= 4 is 17.5 Å². The third-order valence-corrected chi connectivity index (χ3v) is 4.34. The van der Waals surface area contributed by atoms with Gasteiger partial charge in [-0.3, -0.25) is 9.59 Å². The van der Waals surface area contributed by atoms with Gasteiger partial charge in [-0.05, 0) is 49.9 Å². The first-order chi connectivity index (χ1) is 10.1. The minimum absolute atomic E-state index is 0.0442. The highest BCUT2D eigenvalue weighted by molar-refractivity contribution is 6.00. The zero-order valence-electron chi connectivity index (χ0n) is 12.0. The standard InChI is InChI=1S/C16H21N3O2/c17-16(9-10-16)15(21)19-13-7-5-11(6-8-13)14(20)18-12-3-1-2-4-12/h5-8,12H,1-4,9-10,17H2,(H,18,20)(H,19,21). The van der Waals surface area contributed by atoms with Gasteiger partial charge in [0.05, 0.1) is 5.54 Å². The first-order valence-electron chi connectivity index (χ1n) is 7.58. The molecule has 5 heteroatoms. The Balaban J connectivity index is 1.58. The number of rotatable bonds is 4. The maximum absolute atomic E-state index is 12.1. The van der Waals surface area contributed by atoms with Crippen molar-refractivity contribution in [3.05, 3.63) is 29.8 Å². The molecule has 21 heavy (non-hydrogen) atoms. The third-order valence-electron chi connectivity index (χ3n) is 4.34. The molecule has 112 valence electrons. The molecule has 4 N–H and O–H groups in total. The number of nitrogens with one attached hydrogen (secondary N) is 2. The highest BCUT2D eigenvalue weighted by atomic mass is 16.2. The molecule has 0 saturated heterocycles. The minimum Gasteiger partial charge on any atom is -0.349 e. The predicted octanol–water partition coefficient (Wildman–Crippen LogP) is 1.79. The van der Waals surface area contributed by atoms with Crippen LogP contribution in [0.2, 0.25) is 0 Å². The molecule has 1 aromatic rings. The summed E-state index contributed by atoms with van der Waals surface area (Å²) in [5.74, 6) is -0.192. The van der Waals surface area contributed by atoms with E-state index in [1.807, 2.05) is 0 Å². The molecule has 0 atom stereocenters. The lowest BCUT2D eigenvalue weighted by molar-refractivity contribution is -0.118. The molecule has 2 amide bonds. The fourth-order valence-electron chi connectivity index (χ4n) is 2.66. The Bertz CT molecular complexity index is 543. The maximum Gasteiger partial charge on any atom is 0.251 e. The fourth-order valence-corrected chi connectivity index (χ4v) is 2.66. The van der Waals surface area contributed by atoms with Gasteiger partial charge in [-0.1, -0.05) is 12.8 Å². The van der Waals surface area contributed by atoms with Crippen molar-refractivity contribution in [3.8, 4) is 0 Å². The van der Waals surface area contributed by atoms with E-state index < -0.39 is 5.54 Å². The molecule has 0 aliphatic heterocycles. The van der Waals surface area contributed by atoms with Crippen LogP contribution < -0.4 is 16.4 Å². The second-order valence-corrected chi connectivity index (χ2v) is 6.14. The van der Waals surface area contributed by atoms with Gasteiger partial charge in [0.15, 0.2) is 0 Å². The molecule has 2 aliphatic rings. The van der Waals surface area contributed by atoms with E-state index in [1.165, 1.54) is 12.8 Å². The first kappa shape index (κ1) is 14.1. The summed E-state index contributed by atoms with van der Waals surface area (Å²) in [4.78, 5) is 23.9. The molecule has 0 radical (unpaired) electrons. The Kier molecular flexibility index (Phi) is 3.68. The first-order valence-corrected chi connectivity index (χ1v) is 7.58. The van der Waals surface area contributed by atoms with Crippen LogP contribution in [0, 0.1) is 0 Å². The lowest BCUT2D eigenvalue weighted by atomic mass is 10.1. The van der Waals surface area contributed by atoms with Crippen LogP contribution in [-0.2, 0) is 4.79 Å². The minimum atomic E-state index is -0.682. The van der Waals surface area contributed by atoms with Crippen LogP contribution in [0.1, 0.15) is 48.9 Å². The van der Waals surface area contributed by atoms with E-state index in [4.69, 9.17) is 5.73 Å². The van der Waals surface area contributed by atoms with Crippen molar-refractivity contribution in [3.63, 3.8) is 0 Å². The summed E-state index contributed by atoms with van der Waals surface area (Å²) in [7, 11) is 0. The number of benzene rings is 1. The Labute approximate surface area is 124 Å². The van der Waals surface area contributed by atoms with Crippen LogP contribution in [0.4, 0.5) is 5.69 Å². The molecule has 1 aromatic carbocycles. The molecule has 2 fully saturated rings. The zero-order valence-corrected chi connectivity index (χ0v) is 12.0. The van der Waals surface area contributed by atoms with Gasteiger partial charge < -0.3 is 16.4 Å². The molecule has 2 saturated carbocycles. The van der Waals surface area contributed by atoms with E-state index in [9.17, 15) is 9.59 Å². The molecule has 0 unspecified atom stereocenters. The van der Waals surface area contributed by atoms with E-state index in [2.05, 4.69) is 10.6 Å². The normalized spacial score (nSPS) is 20.0. The van der Waals surface area contributed by atoms with E-state index in [0.29, 0.717) is 17.3 Å². The Hall–Kier alpha value is -1.88. The molecule has 3 rings (SSSR count). The molecule has 0 spiro atoms. The molecule has 5 nitrogen and oxygen atoms in total. The van der Waals surface area contributed by atoms with Crippen LogP contribution in [-0.4, -0.2) is 23.4 Å². The number of hydrogen-bond acceptors (Lipinski definition) is 3. The highest BCUT2D eigenvalue weighted by Crippen LogP contribution is 2.33. The SMILES string of the molecule is NC1(C(=O)Nc2ccc(C(=O)NC3CCCC3)cc2)CC1. The number of amides is 2. The summed E-state index contributed by atoms with van der Waals surface area (Å²) in [6, 6.07) is 7.26. The predicted molar refractivity (Wildman–Crippen MR) is 80.9 cm³/mol. The van der Waals surface area contributed by atoms with Gasteiger partial charge in [-0.15, -0.1) is 0 Å². The smallest absolute Gasteiger partial charge is 0.251 e. The summed E-state index contributed by atoms with van der Waals surface area (Å²) in [6.45, 7) is 0. The van der Waals surface area contributed by atoms with E-state index in [-0.39, 0.29) is 11.8 Å². The number of carbonyl (C=O) groups is 2. The molecular weight excluding hydrogens is 266 g/mol. The van der Waals surface area contributed by atoms with Crippen molar-refractivity contribution in [2.45, 2.75) is 50.1 Å². The Morgan fingerprint density at radius 1 is 1.10 bits per heavy atom. The molecule has 0 heterocycles. The van der Waals surface area contributed by atoms with Crippen molar-refractivity contribution in [2.24, 2.45) is 5.73 Å². The molecule has 0 aromatic heterocycles. The van der Waals surface area contributed by atoms with Crippen LogP contribution >= 0.6 is 0 Å². The van der Waals surface area contributed by atoms with Crippen molar-refractivity contribution < 1.29 is 9.59 Å². The Morgan fingerprint density at radius 3 is 2.29 bits per heavy atom. The van der Waals surface area contributed by atoms with Crippen LogP contribution in [0.5, 0.6) is 0 Å². The monoisotopic (exact) mass is 287 g/mol. The lowest BCUT2D eigenvalue weighted by Crippen LogP contribution is -2.37. The summed E-state index contributed by atoms with van der Waals surface area (Å²) in [6.07, 6.45) is 5.99. The highest BCUT2D eigenvalue weighted by Gasteiger charge is 2.45. The summed E-state index contributed by atoms with van der Waals surface area (Å²) in [5.41, 5.74) is 6.44. The Morgan fingerprint density at radius 2 is 1.71 bits per heavy atom. The topological polar surface area (TPSA) is 84.2 Å². The van der Waals surface area contributed by atoms with Gasteiger partial charge in [-0.2, -0.15) is 0 Å². The van der Waals surface area contributed by atoms with Gasteiger partial charge in [0.1, 0.15) is 0 Å². The fraction of sp³-hybridized carbons (Fsp3) is 0.500. The number of carbonyl (C=O) groups excluding carboxylic acids is 2. The number of nitrogens with two attached hydrogens (primary N) is 1. The van der Waals surface area contributed by atoms with Crippen molar-refractivity contribution in [1.29, 1.82) is 0 Å². The van der Waals surface area contributed by atoms with Gasteiger partial charge in [0.2, 0.25) is 5.91 Å². The van der Waals surface area contributed by atoms with Gasteiger partial charge >= 0.3 is 0 Å². The average molecular weight is 287 g/mol. The van der Waals surface area contributed by atoms with Gasteiger partial charge in [0.25, 0.3) is 5.91 Å². The number of anilines is 1. The molecule has 0 bridgehead atoms. The summed E-state index contributed by atoms with van der Waals surface area (Å²) in [5, 5.41) is 5.83. The largest absolute Gasteiger partial charge is 0.349 e. The summed E-state index contributed by atoms with van der Waals surface area (Å²) >= 11 is 0. The lowest BCUT2D eigenvalue weighted by Gasteiger charge is -2.13. The third kappa shape index (κ3) is 3.24. The van der Waals surface area contributed by atoms with E-state index in [0.717, 1.165) is 25.7 Å². The van der Waals surface area contributed by atoms with Crippen LogP contribution in [0.25, 0.3) is 0 Å². The summed E-state index contributed by atoms with van der Waals surface area (Å²) < 4.78 is 0. The van der Waals surface area contributed by atoms with Gasteiger partial charge in [0, 0.05) is 17.3 Å². The van der Waals surface area contributed by atoms with Crippen LogP contribution in [0.15, 0.2) is 24.3 Å². The van der Waals surface area contributed by atoms with E-state index >= 15 is 0 Å². The van der Waals surface area contributed by atoms with Crippen LogP contribution in [0.3, 0.4) is 0 Å². The number of hydrogen-bond donors (Lipinski definition) is 3. The van der Waals surface area contributed by atoms with Gasteiger partial charge in [-0.25, -0.2) is 0 Å². The average Bonchev–Trinajstić information content (AvgIpc) is 3.03. The van der Waals surface area contributed by atoms with Crippen molar-refractivity contribution in [1.82, 2.24) is 5.32 Å². The van der Waals surface area contributed by atoms with E-state index in [1.54, 1.807) is 24.3 Å².